The van der Waals surface area contributed by atoms with E-state index in [0.29, 0.717) is 42.2 Å². The summed E-state index contributed by atoms with van der Waals surface area (Å²) in [6.45, 7) is 5.32. The van der Waals surface area contributed by atoms with Crippen LogP contribution in [0.2, 0.25) is 0 Å². The molecule has 0 bridgehead atoms. The molecule has 3 aromatic rings. The summed E-state index contributed by atoms with van der Waals surface area (Å²) in [5, 5.41) is 3.04. The summed E-state index contributed by atoms with van der Waals surface area (Å²) < 4.78 is 18.9. The molecule has 234 valence electrons. The first-order valence-electron chi connectivity index (χ1n) is 15.1. The first kappa shape index (κ1) is 29.9. The average molecular weight is 676 g/mol. The van der Waals surface area contributed by atoms with Crippen molar-refractivity contribution in [3.8, 4) is 5.75 Å². The van der Waals surface area contributed by atoms with Gasteiger partial charge in [-0.2, -0.15) is 0 Å². The van der Waals surface area contributed by atoms with E-state index >= 15 is 0 Å². The predicted molar refractivity (Wildman–Crippen MR) is 170 cm³/mol. The van der Waals surface area contributed by atoms with Crippen LogP contribution in [0.1, 0.15) is 46.0 Å². The summed E-state index contributed by atoms with van der Waals surface area (Å²) in [5.74, 6) is -0.722. The Hall–Kier alpha value is -3.77. The Morgan fingerprint density at radius 1 is 0.911 bits per heavy atom. The molecule has 0 spiro atoms. The van der Waals surface area contributed by atoms with Crippen LogP contribution in [0.5, 0.6) is 5.75 Å². The van der Waals surface area contributed by atoms with Crippen LogP contribution >= 0.6 is 15.9 Å². The number of ether oxygens (including phenoxy) is 3. The molecular weight excluding hydrogens is 640 g/mol. The summed E-state index contributed by atoms with van der Waals surface area (Å²) in [7, 11) is 1.60. The van der Waals surface area contributed by atoms with Gasteiger partial charge in [0.1, 0.15) is 18.0 Å². The first-order chi connectivity index (χ1) is 21.6. The maximum Gasteiger partial charge on any atom is 0.321 e. The number of nitrogens with one attached hydrogen (secondary N) is 1. The maximum atomic E-state index is 13.8. The second kappa shape index (κ2) is 11.5. The number of halogens is 1. The van der Waals surface area contributed by atoms with Gasteiger partial charge in [0.05, 0.1) is 24.8 Å². The fourth-order valence-corrected chi connectivity index (χ4v) is 7.49. The molecule has 10 nitrogen and oxygen atoms in total. The van der Waals surface area contributed by atoms with Gasteiger partial charge in [0.2, 0.25) is 0 Å². The molecule has 45 heavy (non-hydrogen) atoms. The van der Waals surface area contributed by atoms with E-state index in [2.05, 4.69) is 38.3 Å². The molecule has 0 radical (unpaired) electrons. The fraction of sp³-hybridized carbons (Fsp3) is 0.382. The lowest BCUT2D eigenvalue weighted by Crippen LogP contribution is -2.72. The third-order valence-electron chi connectivity index (χ3n) is 9.30. The molecule has 0 aromatic heterocycles. The van der Waals surface area contributed by atoms with Crippen LogP contribution in [0.3, 0.4) is 0 Å². The molecule has 7 rings (SSSR count). The standard InChI is InChI=1S/C34H35BrN4O6/c1-34(2)44-28-18-37(33(42)36-22-12-14-23(43-3)15-13-22)16-26-30(20-8-10-21(35)11-9-20)27(38(26)19-29(28)45-34)17-39-31(40)24-6-4-5-7-25(24)32(39)41/h4-15,26-30H,16-19H2,1-3H3,(H,36,42)/t26-,27+,28+,29-,30+/m0/s1. The normalized spacial score (nSPS) is 27.2. The summed E-state index contributed by atoms with van der Waals surface area (Å²) in [6.07, 6.45) is -0.663. The number of imide groups is 1. The second-order valence-corrected chi connectivity index (χ2v) is 13.4. The van der Waals surface area contributed by atoms with Crippen molar-refractivity contribution in [2.75, 3.05) is 38.6 Å². The van der Waals surface area contributed by atoms with Gasteiger partial charge < -0.3 is 24.4 Å². The molecule has 11 heteroatoms. The number of hydrogen-bond acceptors (Lipinski definition) is 7. The van der Waals surface area contributed by atoms with Crippen molar-refractivity contribution in [3.63, 3.8) is 0 Å². The molecule has 3 aromatic carbocycles. The Morgan fingerprint density at radius 2 is 1.53 bits per heavy atom. The maximum absolute atomic E-state index is 13.8. The van der Waals surface area contributed by atoms with E-state index < -0.39 is 5.79 Å². The number of fused-ring (bicyclic) bond motifs is 3. The highest BCUT2D eigenvalue weighted by Gasteiger charge is 2.56. The number of carbonyl (C=O) groups is 3. The van der Waals surface area contributed by atoms with Crippen molar-refractivity contribution in [1.29, 1.82) is 0 Å². The van der Waals surface area contributed by atoms with E-state index in [4.69, 9.17) is 14.2 Å². The number of rotatable bonds is 5. The summed E-state index contributed by atoms with van der Waals surface area (Å²) in [6, 6.07) is 21.8. The molecule has 4 amide bonds. The minimum atomic E-state index is -0.818. The lowest BCUT2D eigenvalue weighted by molar-refractivity contribution is -0.150. The van der Waals surface area contributed by atoms with Crippen LogP contribution in [0.4, 0.5) is 10.5 Å². The molecule has 0 aliphatic carbocycles. The van der Waals surface area contributed by atoms with Crippen molar-refractivity contribution in [3.05, 3.63) is 94.0 Å². The smallest absolute Gasteiger partial charge is 0.321 e. The van der Waals surface area contributed by atoms with Crippen LogP contribution in [-0.2, 0) is 9.47 Å². The fourth-order valence-electron chi connectivity index (χ4n) is 7.23. The van der Waals surface area contributed by atoms with Gasteiger partial charge in [-0.15, -0.1) is 0 Å². The van der Waals surface area contributed by atoms with Crippen molar-refractivity contribution < 1.29 is 28.6 Å². The van der Waals surface area contributed by atoms with Gasteiger partial charge in [0.25, 0.3) is 11.8 Å². The van der Waals surface area contributed by atoms with E-state index in [0.717, 1.165) is 10.0 Å². The van der Waals surface area contributed by atoms with Gasteiger partial charge in [0, 0.05) is 47.8 Å². The van der Waals surface area contributed by atoms with Crippen molar-refractivity contribution >= 4 is 39.5 Å². The summed E-state index contributed by atoms with van der Waals surface area (Å²) in [5.41, 5.74) is 2.60. The van der Waals surface area contributed by atoms with E-state index in [-0.39, 0.29) is 54.6 Å². The quantitative estimate of drug-likeness (QED) is 0.382. The van der Waals surface area contributed by atoms with Crippen LogP contribution in [-0.4, -0.2) is 95.9 Å². The number of nitrogens with zero attached hydrogens (tertiary/aromatic N) is 3. The van der Waals surface area contributed by atoms with Crippen molar-refractivity contribution in [1.82, 2.24) is 14.7 Å². The van der Waals surface area contributed by atoms with Crippen molar-refractivity contribution in [2.24, 2.45) is 0 Å². The van der Waals surface area contributed by atoms with Gasteiger partial charge in [-0.05, 0) is 67.9 Å². The van der Waals surface area contributed by atoms with Crippen LogP contribution < -0.4 is 10.1 Å². The first-order valence-corrected chi connectivity index (χ1v) is 15.9. The molecule has 3 saturated heterocycles. The Labute approximate surface area is 270 Å². The Kier molecular flexibility index (Phi) is 7.67. The monoisotopic (exact) mass is 674 g/mol. The second-order valence-electron chi connectivity index (χ2n) is 12.5. The minimum Gasteiger partial charge on any atom is -0.497 e. The lowest BCUT2D eigenvalue weighted by atomic mass is 9.73. The van der Waals surface area contributed by atoms with Crippen LogP contribution in [0.25, 0.3) is 0 Å². The van der Waals surface area contributed by atoms with Gasteiger partial charge in [0.15, 0.2) is 5.79 Å². The number of anilines is 1. The summed E-state index contributed by atoms with van der Waals surface area (Å²) in [4.78, 5) is 46.2. The minimum absolute atomic E-state index is 0.0504. The van der Waals surface area contributed by atoms with E-state index in [1.54, 1.807) is 60.5 Å². The molecule has 1 N–H and O–H groups in total. The Bertz CT molecular complexity index is 1600. The molecule has 3 fully saturated rings. The topological polar surface area (TPSA) is 101 Å². The highest BCUT2D eigenvalue weighted by Crippen LogP contribution is 2.45. The molecule has 4 aliphatic heterocycles. The SMILES string of the molecule is COc1ccc(NC(=O)N2C[C@H]3OC(C)(C)O[C@H]3CN3[C@H](CN4C(=O)c5ccccc5C4=O)[C@H](c4ccc(Br)cc4)[C@@H]3C2)cc1. The molecular formula is C34H35BrN4O6. The molecule has 0 saturated carbocycles. The van der Waals surface area contributed by atoms with E-state index in [1.807, 2.05) is 26.0 Å². The number of benzene rings is 3. The van der Waals surface area contributed by atoms with Gasteiger partial charge in [-0.25, -0.2) is 4.79 Å². The third-order valence-corrected chi connectivity index (χ3v) is 9.82. The van der Waals surface area contributed by atoms with Crippen LogP contribution in [0.15, 0.2) is 77.3 Å². The van der Waals surface area contributed by atoms with Crippen LogP contribution in [0, 0.1) is 0 Å². The zero-order valence-corrected chi connectivity index (χ0v) is 26.9. The predicted octanol–water partition coefficient (Wildman–Crippen LogP) is 4.96. The van der Waals surface area contributed by atoms with Gasteiger partial charge in [-0.3, -0.25) is 19.4 Å². The van der Waals surface area contributed by atoms with Gasteiger partial charge >= 0.3 is 6.03 Å². The van der Waals surface area contributed by atoms with Gasteiger partial charge in [-0.1, -0.05) is 40.2 Å². The largest absolute Gasteiger partial charge is 0.497 e. The number of urea groups is 1. The number of methoxy groups -OCH3 is 1. The zero-order valence-electron chi connectivity index (χ0n) is 25.3. The van der Waals surface area contributed by atoms with Crippen molar-refractivity contribution in [2.45, 2.75) is 49.8 Å². The number of hydrogen-bond donors (Lipinski definition) is 1. The highest BCUT2D eigenvalue weighted by molar-refractivity contribution is 9.10. The van der Waals surface area contributed by atoms with E-state index in [9.17, 15) is 14.4 Å². The number of amides is 4. The Balaban J connectivity index is 1.21. The summed E-state index contributed by atoms with van der Waals surface area (Å²) >= 11 is 3.55. The average Bonchev–Trinajstić information content (AvgIpc) is 3.44. The zero-order chi connectivity index (χ0) is 31.5. The highest BCUT2D eigenvalue weighted by atomic mass is 79.9. The number of carbonyl (C=O) groups excluding carboxylic acids is 3. The molecule has 5 atom stereocenters. The molecule has 0 unspecified atom stereocenters. The Morgan fingerprint density at radius 3 is 2.16 bits per heavy atom. The molecule has 4 heterocycles. The molecule has 4 aliphatic rings. The third kappa shape index (κ3) is 5.52. The van der Waals surface area contributed by atoms with E-state index in [1.165, 1.54) is 4.90 Å². The lowest BCUT2D eigenvalue weighted by Gasteiger charge is -2.58.